The minimum atomic E-state index is -1.03. The second-order valence-corrected chi connectivity index (χ2v) is 11.7. The van der Waals surface area contributed by atoms with Crippen LogP contribution in [0.2, 0.25) is 0 Å². The summed E-state index contributed by atoms with van der Waals surface area (Å²) >= 11 is 0. The molecule has 0 spiro atoms. The Morgan fingerprint density at radius 1 is 0.523 bits per heavy atom. The van der Waals surface area contributed by atoms with Gasteiger partial charge >= 0.3 is 11.9 Å². The molecule has 0 heterocycles. The highest BCUT2D eigenvalue weighted by atomic mass is 16.6. The van der Waals surface area contributed by atoms with Gasteiger partial charge in [-0.25, -0.2) is 4.79 Å². The van der Waals surface area contributed by atoms with E-state index in [2.05, 4.69) is 86.8 Å². The number of carboxylic acid groups (broad SMARTS) is 1. The van der Waals surface area contributed by atoms with Crippen LogP contribution in [0.25, 0.3) is 0 Å². The molecule has 0 fully saturated rings. The van der Waals surface area contributed by atoms with E-state index in [1.807, 2.05) is 0 Å². The largest absolute Gasteiger partial charge is 0.479 e. The maximum Gasteiger partial charge on any atom is 0.345 e. The third kappa shape index (κ3) is 32.3. The summed E-state index contributed by atoms with van der Waals surface area (Å²) in [7, 11) is 0. The molecule has 0 saturated carbocycles. The van der Waals surface area contributed by atoms with Crippen molar-refractivity contribution in [2.24, 2.45) is 0 Å². The third-order valence-corrected chi connectivity index (χ3v) is 7.47. The molecular weight excluding hydrogens is 544 g/mol. The smallest absolute Gasteiger partial charge is 0.345 e. The van der Waals surface area contributed by atoms with Gasteiger partial charge in [-0.1, -0.05) is 157 Å². The third-order valence-electron chi connectivity index (χ3n) is 7.47. The number of carboxylic acids is 1. The van der Waals surface area contributed by atoms with E-state index in [0.717, 1.165) is 77.0 Å². The van der Waals surface area contributed by atoms with Gasteiger partial charge in [-0.05, 0) is 70.6 Å². The molecule has 4 nitrogen and oxygen atoms in total. The van der Waals surface area contributed by atoms with Gasteiger partial charge in [-0.15, -0.1) is 0 Å². The molecule has 0 aromatic carbocycles. The van der Waals surface area contributed by atoms with E-state index >= 15 is 0 Å². The summed E-state index contributed by atoms with van der Waals surface area (Å²) in [5.41, 5.74) is 0. The van der Waals surface area contributed by atoms with Crippen LogP contribution in [0.3, 0.4) is 0 Å². The summed E-state index contributed by atoms with van der Waals surface area (Å²) in [5.74, 6) is -1.42. The van der Waals surface area contributed by atoms with E-state index in [1.54, 1.807) is 0 Å². The van der Waals surface area contributed by atoms with Crippen molar-refractivity contribution in [1.29, 1.82) is 0 Å². The molecule has 0 aliphatic heterocycles. The lowest BCUT2D eigenvalue weighted by atomic mass is 10.0. The minimum Gasteiger partial charge on any atom is -0.479 e. The van der Waals surface area contributed by atoms with Crippen molar-refractivity contribution in [1.82, 2.24) is 0 Å². The van der Waals surface area contributed by atoms with E-state index in [-0.39, 0.29) is 12.4 Å². The summed E-state index contributed by atoms with van der Waals surface area (Å²) in [6, 6.07) is 0. The van der Waals surface area contributed by atoms with E-state index in [0.29, 0.717) is 6.42 Å². The lowest BCUT2D eigenvalue weighted by Gasteiger charge is -2.13. The van der Waals surface area contributed by atoms with Crippen LogP contribution in [-0.4, -0.2) is 23.1 Å². The Kier molecular flexibility index (Phi) is 32.8. The number of esters is 1. The van der Waals surface area contributed by atoms with Gasteiger partial charge in [0, 0.05) is 6.42 Å². The van der Waals surface area contributed by atoms with Crippen LogP contribution in [0, 0.1) is 0 Å². The average Bonchev–Trinajstić information content (AvgIpc) is 3.01. The van der Waals surface area contributed by atoms with Gasteiger partial charge in [0.05, 0.1) is 0 Å². The molecule has 0 saturated heterocycles. The zero-order chi connectivity index (χ0) is 32.2. The molecule has 44 heavy (non-hydrogen) atoms. The first-order chi connectivity index (χ1) is 21.6. The number of carbonyl (C=O) groups is 2. The van der Waals surface area contributed by atoms with Crippen LogP contribution in [-0.2, 0) is 14.3 Å². The Hall–Kier alpha value is -2.62. The molecule has 0 aromatic rings. The minimum absolute atomic E-state index is 0.283. The predicted molar refractivity (Wildman–Crippen MR) is 190 cm³/mol. The molecule has 1 atom stereocenters. The average molecular weight is 611 g/mol. The van der Waals surface area contributed by atoms with E-state index in [4.69, 9.17) is 4.74 Å². The maximum absolute atomic E-state index is 12.2. The van der Waals surface area contributed by atoms with Crippen molar-refractivity contribution < 1.29 is 19.4 Å². The molecule has 0 aliphatic rings. The first kappa shape index (κ1) is 41.4. The molecule has 4 heteroatoms. The SMILES string of the molecule is CC/C=C\C/C=C\C/C=C\C/C=C\C/C=C\C/C=C\CCCCC(=O)OC(CCCCCCCCCCCCCC)C(=O)O. The maximum atomic E-state index is 12.2. The summed E-state index contributed by atoms with van der Waals surface area (Å²) in [6.07, 6.45) is 49.3. The number of unbranched alkanes of at least 4 members (excludes halogenated alkanes) is 13. The molecule has 250 valence electrons. The highest BCUT2D eigenvalue weighted by molar-refractivity contribution is 5.77. The fraction of sp³-hybridized carbons (Fsp3) is 0.650. The summed E-state index contributed by atoms with van der Waals surface area (Å²) in [4.78, 5) is 23.7. The number of allylic oxidation sites excluding steroid dienone is 12. The van der Waals surface area contributed by atoms with E-state index in [1.165, 1.54) is 57.8 Å². The van der Waals surface area contributed by atoms with Crippen LogP contribution in [0.15, 0.2) is 72.9 Å². The highest BCUT2D eigenvalue weighted by Gasteiger charge is 2.21. The zero-order valence-electron chi connectivity index (χ0n) is 28.4. The molecule has 0 aliphatic carbocycles. The van der Waals surface area contributed by atoms with Crippen molar-refractivity contribution in [3.8, 4) is 0 Å². The van der Waals surface area contributed by atoms with Crippen molar-refractivity contribution in [3.63, 3.8) is 0 Å². The standard InChI is InChI=1S/C40H66O4/c1-3-5-7-9-11-13-15-17-18-19-20-21-22-23-24-25-27-29-31-33-35-37-39(41)44-38(40(42)43)36-34-32-30-28-26-16-14-12-10-8-6-4-2/h5,7,11,13,17-18,20-21,23-24,27,29,38H,3-4,6,8-10,12,14-16,19,22,25-26,28,30-37H2,1-2H3,(H,42,43)/b7-5-,13-11-,18-17-,21-20-,24-23-,29-27-. The van der Waals surface area contributed by atoms with Gasteiger partial charge in [0.15, 0.2) is 6.10 Å². The summed E-state index contributed by atoms with van der Waals surface area (Å²) in [6.45, 7) is 4.40. The first-order valence-electron chi connectivity index (χ1n) is 17.9. The molecule has 0 amide bonds. The zero-order valence-corrected chi connectivity index (χ0v) is 28.4. The summed E-state index contributed by atoms with van der Waals surface area (Å²) in [5, 5.41) is 9.44. The molecule has 0 rings (SSSR count). The predicted octanol–water partition coefficient (Wildman–Crippen LogP) is 12.3. The lowest BCUT2D eigenvalue weighted by Crippen LogP contribution is -2.27. The van der Waals surface area contributed by atoms with Crippen LogP contribution >= 0.6 is 0 Å². The number of hydrogen-bond acceptors (Lipinski definition) is 3. The molecule has 1 unspecified atom stereocenters. The van der Waals surface area contributed by atoms with Gasteiger partial charge in [-0.3, -0.25) is 4.79 Å². The molecule has 0 radical (unpaired) electrons. The second-order valence-electron chi connectivity index (χ2n) is 11.7. The van der Waals surface area contributed by atoms with Crippen molar-refractivity contribution in [2.45, 2.75) is 168 Å². The lowest BCUT2D eigenvalue weighted by molar-refractivity contribution is -0.164. The van der Waals surface area contributed by atoms with Gasteiger partial charge in [0.1, 0.15) is 0 Å². The normalized spacial score (nSPS) is 13.1. The fourth-order valence-electron chi connectivity index (χ4n) is 4.79. The van der Waals surface area contributed by atoms with Gasteiger partial charge < -0.3 is 9.84 Å². The van der Waals surface area contributed by atoms with Crippen LogP contribution in [0.1, 0.15) is 162 Å². The van der Waals surface area contributed by atoms with Crippen molar-refractivity contribution in [3.05, 3.63) is 72.9 Å². The molecule has 1 N–H and O–H groups in total. The quantitative estimate of drug-likeness (QED) is 0.0482. The van der Waals surface area contributed by atoms with E-state index < -0.39 is 12.1 Å². The van der Waals surface area contributed by atoms with Crippen LogP contribution < -0.4 is 0 Å². The first-order valence-corrected chi connectivity index (χ1v) is 17.9. The summed E-state index contributed by atoms with van der Waals surface area (Å²) < 4.78 is 5.28. The second kappa shape index (κ2) is 34.9. The van der Waals surface area contributed by atoms with Crippen LogP contribution in [0.5, 0.6) is 0 Å². The molecule has 0 bridgehead atoms. The number of aliphatic carboxylic acids is 1. The number of carbonyl (C=O) groups excluding carboxylic acids is 1. The van der Waals surface area contributed by atoms with Gasteiger partial charge in [0.25, 0.3) is 0 Å². The van der Waals surface area contributed by atoms with Crippen LogP contribution in [0.4, 0.5) is 0 Å². The van der Waals surface area contributed by atoms with E-state index in [9.17, 15) is 14.7 Å². The van der Waals surface area contributed by atoms with Gasteiger partial charge in [-0.2, -0.15) is 0 Å². The topological polar surface area (TPSA) is 63.6 Å². The Balaban J connectivity index is 3.73. The Labute approximate surface area is 271 Å². The van der Waals surface area contributed by atoms with Crippen molar-refractivity contribution >= 4 is 11.9 Å². The number of hydrogen-bond donors (Lipinski definition) is 1. The molecular formula is C40H66O4. The number of ether oxygens (including phenoxy) is 1. The van der Waals surface area contributed by atoms with Crippen molar-refractivity contribution in [2.75, 3.05) is 0 Å². The number of rotatable bonds is 31. The Morgan fingerprint density at radius 3 is 1.36 bits per heavy atom. The highest BCUT2D eigenvalue weighted by Crippen LogP contribution is 2.15. The van der Waals surface area contributed by atoms with Gasteiger partial charge in [0.2, 0.25) is 0 Å². The Morgan fingerprint density at radius 2 is 0.932 bits per heavy atom. The monoisotopic (exact) mass is 610 g/mol. The Bertz CT molecular complexity index is 830. The molecule has 0 aromatic heterocycles. The fourth-order valence-corrected chi connectivity index (χ4v) is 4.79.